The summed E-state index contributed by atoms with van der Waals surface area (Å²) in [5.41, 5.74) is 1.47. The molecule has 1 aromatic rings. The highest BCUT2D eigenvalue weighted by atomic mass is 19.2. The highest BCUT2D eigenvalue weighted by Crippen LogP contribution is 2.26. The molecule has 0 aliphatic heterocycles. The molecule has 18 heavy (non-hydrogen) atoms. The van der Waals surface area contributed by atoms with Crippen LogP contribution in [0.2, 0.25) is 0 Å². The van der Waals surface area contributed by atoms with Crippen molar-refractivity contribution in [2.24, 2.45) is 5.92 Å². The fraction of sp³-hybridized carbons (Fsp3) is 0.467. The van der Waals surface area contributed by atoms with Crippen LogP contribution in [0.4, 0.5) is 8.78 Å². The molecule has 1 unspecified atom stereocenters. The van der Waals surface area contributed by atoms with Gasteiger partial charge in [-0.05, 0) is 49.3 Å². The van der Waals surface area contributed by atoms with Crippen molar-refractivity contribution in [1.29, 1.82) is 0 Å². The van der Waals surface area contributed by atoms with Gasteiger partial charge in [0.05, 0.1) is 0 Å². The van der Waals surface area contributed by atoms with Crippen molar-refractivity contribution in [3.63, 3.8) is 0 Å². The Bertz CT molecular complexity index is 466. The van der Waals surface area contributed by atoms with Gasteiger partial charge in [0.25, 0.3) is 0 Å². The van der Waals surface area contributed by atoms with E-state index < -0.39 is 11.6 Å². The summed E-state index contributed by atoms with van der Waals surface area (Å²) in [7, 11) is 0. The Kier molecular flexibility index (Phi) is 4.00. The number of rotatable bonds is 3. The first kappa shape index (κ1) is 13.1. The van der Waals surface area contributed by atoms with Gasteiger partial charge in [0.1, 0.15) is 6.61 Å². The summed E-state index contributed by atoms with van der Waals surface area (Å²) < 4.78 is 32.3. The summed E-state index contributed by atoms with van der Waals surface area (Å²) in [6.07, 6.45) is 5.32. The second-order valence-electron chi connectivity index (χ2n) is 5.04. The zero-order chi connectivity index (χ0) is 13.1. The lowest BCUT2D eigenvalue weighted by molar-refractivity contribution is 0.313. The summed E-state index contributed by atoms with van der Waals surface area (Å²) >= 11 is 0. The third-order valence-electron chi connectivity index (χ3n) is 3.42. The molecule has 0 bridgehead atoms. The van der Waals surface area contributed by atoms with Crippen LogP contribution in [0.3, 0.4) is 0 Å². The summed E-state index contributed by atoms with van der Waals surface area (Å²) in [6.45, 7) is 4.10. The summed E-state index contributed by atoms with van der Waals surface area (Å²) in [5.74, 6) is -1.00. The lowest BCUT2D eigenvalue weighted by Gasteiger charge is -2.18. The van der Waals surface area contributed by atoms with Crippen LogP contribution in [0.25, 0.3) is 0 Å². The third kappa shape index (κ3) is 2.89. The average Bonchev–Trinajstić information content (AvgIpc) is 2.37. The highest BCUT2D eigenvalue weighted by molar-refractivity contribution is 5.30. The Morgan fingerprint density at radius 2 is 2.06 bits per heavy atom. The lowest BCUT2D eigenvalue weighted by atomic mass is 9.91. The van der Waals surface area contributed by atoms with E-state index in [0.29, 0.717) is 18.1 Å². The number of halogens is 2. The monoisotopic (exact) mass is 252 g/mol. The largest absolute Gasteiger partial charge is 0.486 e. The van der Waals surface area contributed by atoms with E-state index >= 15 is 0 Å². The van der Waals surface area contributed by atoms with E-state index in [4.69, 9.17) is 4.74 Å². The number of benzene rings is 1. The zero-order valence-corrected chi connectivity index (χ0v) is 10.8. The van der Waals surface area contributed by atoms with Crippen LogP contribution in [0, 0.1) is 24.5 Å². The normalized spacial score (nSPS) is 19.6. The van der Waals surface area contributed by atoms with Crippen LogP contribution in [0.15, 0.2) is 23.8 Å². The van der Waals surface area contributed by atoms with Crippen molar-refractivity contribution in [3.05, 3.63) is 41.0 Å². The van der Waals surface area contributed by atoms with Crippen molar-refractivity contribution >= 4 is 0 Å². The van der Waals surface area contributed by atoms with Crippen molar-refractivity contribution in [2.75, 3.05) is 6.61 Å². The van der Waals surface area contributed by atoms with Gasteiger partial charge in [-0.1, -0.05) is 19.1 Å². The van der Waals surface area contributed by atoms with Crippen LogP contribution in [-0.4, -0.2) is 6.61 Å². The average molecular weight is 252 g/mol. The first-order valence-corrected chi connectivity index (χ1v) is 6.33. The number of ether oxygens (including phenoxy) is 1. The van der Waals surface area contributed by atoms with E-state index in [9.17, 15) is 8.78 Å². The van der Waals surface area contributed by atoms with Crippen LogP contribution >= 0.6 is 0 Å². The molecule has 0 N–H and O–H groups in total. The van der Waals surface area contributed by atoms with Crippen molar-refractivity contribution in [1.82, 2.24) is 0 Å². The molecule has 0 fully saturated rings. The van der Waals surface area contributed by atoms with E-state index in [1.165, 1.54) is 24.6 Å². The summed E-state index contributed by atoms with van der Waals surface area (Å²) in [6, 6.07) is 3.02. The minimum absolute atomic E-state index is 0.00220. The van der Waals surface area contributed by atoms with E-state index in [-0.39, 0.29) is 5.75 Å². The van der Waals surface area contributed by atoms with E-state index in [1.807, 2.05) is 0 Å². The molecule has 0 aromatic heterocycles. The SMILES string of the molecule is Cc1ccc(OCC2=CCC(C)CC2)c(F)c1F. The molecule has 1 aliphatic rings. The Hall–Kier alpha value is -1.38. The molecule has 1 aromatic carbocycles. The van der Waals surface area contributed by atoms with E-state index in [1.54, 1.807) is 0 Å². The van der Waals surface area contributed by atoms with E-state index in [0.717, 1.165) is 19.3 Å². The Balaban J connectivity index is 2.01. The van der Waals surface area contributed by atoms with Gasteiger partial charge >= 0.3 is 0 Å². The summed E-state index contributed by atoms with van der Waals surface area (Å²) in [4.78, 5) is 0. The maximum absolute atomic E-state index is 13.6. The Morgan fingerprint density at radius 3 is 2.72 bits per heavy atom. The van der Waals surface area contributed by atoms with Gasteiger partial charge in [-0.3, -0.25) is 0 Å². The maximum Gasteiger partial charge on any atom is 0.200 e. The Labute approximate surface area is 106 Å². The molecular formula is C15H18F2O. The minimum Gasteiger partial charge on any atom is -0.486 e. The molecule has 2 rings (SSSR count). The molecule has 0 radical (unpaired) electrons. The molecule has 0 saturated heterocycles. The third-order valence-corrected chi connectivity index (χ3v) is 3.42. The van der Waals surface area contributed by atoms with Gasteiger partial charge in [-0.2, -0.15) is 4.39 Å². The zero-order valence-electron chi connectivity index (χ0n) is 10.8. The van der Waals surface area contributed by atoms with Crippen molar-refractivity contribution in [3.8, 4) is 5.75 Å². The fourth-order valence-electron chi connectivity index (χ4n) is 2.06. The molecule has 0 heterocycles. The molecule has 0 spiro atoms. The van der Waals surface area contributed by atoms with Gasteiger partial charge in [-0.25, -0.2) is 4.39 Å². The second kappa shape index (κ2) is 5.51. The van der Waals surface area contributed by atoms with Crippen molar-refractivity contribution < 1.29 is 13.5 Å². The predicted octanol–water partition coefficient (Wildman–Crippen LogP) is 4.40. The van der Waals surface area contributed by atoms with Crippen LogP contribution in [-0.2, 0) is 0 Å². The smallest absolute Gasteiger partial charge is 0.200 e. The molecule has 1 nitrogen and oxygen atoms in total. The number of aryl methyl sites for hydroxylation is 1. The molecule has 3 heteroatoms. The second-order valence-corrected chi connectivity index (χ2v) is 5.04. The standard InChI is InChI=1S/C15H18F2O/c1-10-3-6-12(7-4-10)9-18-13-8-5-11(2)14(16)15(13)17/h5-6,8,10H,3-4,7,9H2,1-2H3. The molecule has 98 valence electrons. The lowest BCUT2D eigenvalue weighted by Crippen LogP contribution is -2.09. The molecule has 0 saturated carbocycles. The topological polar surface area (TPSA) is 9.23 Å². The van der Waals surface area contributed by atoms with Crippen LogP contribution < -0.4 is 4.74 Å². The predicted molar refractivity (Wildman–Crippen MR) is 67.7 cm³/mol. The van der Waals surface area contributed by atoms with Crippen molar-refractivity contribution in [2.45, 2.75) is 33.1 Å². The Morgan fingerprint density at radius 1 is 1.28 bits per heavy atom. The fourth-order valence-corrected chi connectivity index (χ4v) is 2.06. The van der Waals surface area contributed by atoms with Gasteiger partial charge in [0.2, 0.25) is 5.82 Å². The number of allylic oxidation sites excluding steroid dienone is 1. The maximum atomic E-state index is 13.6. The van der Waals surface area contributed by atoms with Gasteiger partial charge in [-0.15, -0.1) is 0 Å². The van der Waals surface area contributed by atoms with Crippen LogP contribution in [0.5, 0.6) is 5.75 Å². The first-order chi connectivity index (χ1) is 8.58. The summed E-state index contributed by atoms with van der Waals surface area (Å²) in [5, 5.41) is 0. The van der Waals surface area contributed by atoms with Gasteiger partial charge in [0, 0.05) is 0 Å². The van der Waals surface area contributed by atoms with E-state index in [2.05, 4.69) is 13.0 Å². The highest BCUT2D eigenvalue weighted by Gasteiger charge is 2.14. The molecule has 1 atom stereocenters. The molecular weight excluding hydrogens is 234 g/mol. The number of hydrogen-bond donors (Lipinski definition) is 0. The minimum atomic E-state index is -0.889. The van der Waals surface area contributed by atoms with Gasteiger partial charge < -0.3 is 4.74 Å². The van der Waals surface area contributed by atoms with Gasteiger partial charge in [0.15, 0.2) is 11.6 Å². The molecule has 0 amide bonds. The van der Waals surface area contributed by atoms with Crippen LogP contribution in [0.1, 0.15) is 31.7 Å². The number of hydrogen-bond acceptors (Lipinski definition) is 1. The quantitative estimate of drug-likeness (QED) is 0.724. The molecule has 1 aliphatic carbocycles. The first-order valence-electron chi connectivity index (χ1n) is 6.33.